The summed E-state index contributed by atoms with van der Waals surface area (Å²) in [5.41, 5.74) is 2.16. The van der Waals surface area contributed by atoms with E-state index in [1.165, 1.54) is 5.56 Å². The summed E-state index contributed by atoms with van der Waals surface area (Å²) in [5.74, 6) is 0.0467. The Morgan fingerprint density at radius 1 is 1.26 bits per heavy atom. The Kier molecular flexibility index (Phi) is 6.68. The van der Waals surface area contributed by atoms with E-state index >= 15 is 0 Å². The SMILES string of the molecule is CCS(=O)(=O)c1ncc(CN2CCC[C@H]2CO)n1CCCc1ccccc1. The highest BCUT2D eigenvalue weighted by atomic mass is 32.2. The fraction of sp³-hybridized carbons (Fsp3) is 0.550. The van der Waals surface area contributed by atoms with E-state index in [1.54, 1.807) is 13.1 Å². The third-order valence-corrected chi connectivity index (χ3v) is 6.97. The topological polar surface area (TPSA) is 75.4 Å². The first-order valence-electron chi connectivity index (χ1n) is 9.71. The molecule has 1 aromatic carbocycles. The van der Waals surface area contributed by atoms with Crippen LogP contribution in [-0.2, 0) is 29.3 Å². The van der Waals surface area contributed by atoms with Crippen LogP contribution in [0.3, 0.4) is 0 Å². The van der Waals surface area contributed by atoms with Gasteiger partial charge in [0, 0.05) is 19.1 Å². The Bertz CT molecular complexity index is 833. The quantitative estimate of drug-likeness (QED) is 0.710. The van der Waals surface area contributed by atoms with E-state index in [2.05, 4.69) is 22.0 Å². The van der Waals surface area contributed by atoms with Crippen LogP contribution in [0.1, 0.15) is 37.4 Å². The Morgan fingerprint density at radius 3 is 2.74 bits per heavy atom. The lowest BCUT2D eigenvalue weighted by molar-refractivity contribution is 0.151. The van der Waals surface area contributed by atoms with Crippen LogP contribution in [0.25, 0.3) is 0 Å². The van der Waals surface area contributed by atoms with Gasteiger partial charge in [0.1, 0.15) is 0 Å². The summed E-state index contributed by atoms with van der Waals surface area (Å²) < 4.78 is 26.8. The molecule has 0 saturated carbocycles. The normalized spacial score (nSPS) is 18.2. The highest BCUT2D eigenvalue weighted by Gasteiger charge is 2.27. The van der Waals surface area contributed by atoms with Crippen molar-refractivity contribution in [2.45, 2.75) is 56.9 Å². The molecule has 1 N–H and O–H groups in total. The van der Waals surface area contributed by atoms with Gasteiger partial charge in [0.15, 0.2) is 0 Å². The molecule has 1 aromatic heterocycles. The molecule has 0 spiro atoms. The molecule has 0 bridgehead atoms. The van der Waals surface area contributed by atoms with Crippen LogP contribution in [0.5, 0.6) is 0 Å². The fourth-order valence-corrected chi connectivity index (χ4v) is 4.75. The van der Waals surface area contributed by atoms with Gasteiger partial charge >= 0.3 is 0 Å². The second-order valence-corrected chi connectivity index (χ2v) is 9.30. The van der Waals surface area contributed by atoms with Crippen molar-refractivity contribution in [2.75, 3.05) is 18.9 Å². The number of aryl methyl sites for hydroxylation is 1. The van der Waals surface area contributed by atoms with Crippen LogP contribution in [-0.4, -0.2) is 52.9 Å². The number of aliphatic hydroxyl groups excluding tert-OH is 1. The van der Waals surface area contributed by atoms with Crippen molar-refractivity contribution in [1.29, 1.82) is 0 Å². The van der Waals surface area contributed by atoms with Crippen LogP contribution < -0.4 is 0 Å². The Morgan fingerprint density at radius 2 is 2.04 bits per heavy atom. The van der Waals surface area contributed by atoms with E-state index in [9.17, 15) is 13.5 Å². The van der Waals surface area contributed by atoms with Gasteiger partial charge in [-0.05, 0) is 37.8 Å². The molecule has 0 unspecified atom stereocenters. The van der Waals surface area contributed by atoms with E-state index in [0.29, 0.717) is 13.1 Å². The number of nitrogens with zero attached hydrogens (tertiary/aromatic N) is 3. The first kappa shape index (κ1) is 20.0. The average molecular weight is 392 g/mol. The largest absolute Gasteiger partial charge is 0.395 e. The van der Waals surface area contributed by atoms with Gasteiger partial charge in [0.2, 0.25) is 15.0 Å². The maximum Gasteiger partial charge on any atom is 0.227 e. The summed E-state index contributed by atoms with van der Waals surface area (Å²) >= 11 is 0. The summed E-state index contributed by atoms with van der Waals surface area (Å²) in [6.07, 6.45) is 5.49. The molecule has 1 fully saturated rings. The van der Waals surface area contributed by atoms with Crippen molar-refractivity contribution in [1.82, 2.24) is 14.5 Å². The van der Waals surface area contributed by atoms with Crippen LogP contribution in [0.15, 0.2) is 41.7 Å². The van der Waals surface area contributed by atoms with E-state index in [0.717, 1.165) is 37.9 Å². The molecule has 1 aliphatic rings. The zero-order valence-corrected chi connectivity index (χ0v) is 16.7. The highest BCUT2D eigenvalue weighted by Crippen LogP contribution is 2.22. The molecule has 27 heavy (non-hydrogen) atoms. The summed E-state index contributed by atoms with van der Waals surface area (Å²) in [7, 11) is -3.37. The van der Waals surface area contributed by atoms with Gasteiger partial charge in [-0.25, -0.2) is 13.4 Å². The summed E-state index contributed by atoms with van der Waals surface area (Å²) in [5, 5.41) is 9.74. The maximum absolute atomic E-state index is 12.5. The lowest BCUT2D eigenvalue weighted by Crippen LogP contribution is -2.32. The minimum atomic E-state index is -3.37. The highest BCUT2D eigenvalue weighted by molar-refractivity contribution is 7.91. The molecular formula is C20H29N3O3S. The molecule has 148 valence electrons. The zero-order valence-electron chi connectivity index (χ0n) is 15.9. The summed E-state index contributed by atoms with van der Waals surface area (Å²) in [6, 6.07) is 10.4. The second-order valence-electron chi connectivity index (χ2n) is 7.13. The van der Waals surface area contributed by atoms with Crippen LogP contribution >= 0.6 is 0 Å². The number of hydrogen-bond acceptors (Lipinski definition) is 5. The number of imidazole rings is 1. The van der Waals surface area contributed by atoms with Gasteiger partial charge in [-0.3, -0.25) is 4.90 Å². The molecule has 0 radical (unpaired) electrons. The minimum absolute atomic E-state index is 0.0467. The molecule has 1 saturated heterocycles. The molecule has 0 amide bonds. The lowest BCUT2D eigenvalue weighted by Gasteiger charge is -2.23. The van der Waals surface area contributed by atoms with Gasteiger partial charge in [-0.15, -0.1) is 0 Å². The number of aromatic nitrogens is 2. The van der Waals surface area contributed by atoms with E-state index in [4.69, 9.17) is 0 Å². The molecule has 7 heteroatoms. The standard InChI is InChI=1S/C20H29N3O3S/c1-2-27(25,26)20-21-14-19(15-22-12-7-11-18(22)16-24)23(20)13-6-10-17-8-4-3-5-9-17/h3-5,8-9,14,18,24H,2,6-7,10-13,15-16H2,1H3/t18-/m0/s1. The molecule has 1 atom stereocenters. The average Bonchev–Trinajstić information content (AvgIpc) is 3.30. The van der Waals surface area contributed by atoms with Crippen LogP contribution in [0.2, 0.25) is 0 Å². The predicted molar refractivity (Wildman–Crippen MR) is 105 cm³/mol. The van der Waals surface area contributed by atoms with Crippen LogP contribution in [0.4, 0.5) is 0 Å². The molecule has 6 nitrogen and oxygen atoms in total. The third kappa shape index (κ3) is 4.78. The van der Waals surface area contributed by atoms with Crippen LogP contribution in [0, 0.1) is 0 Å². The van der Waals surface area contributed by atoms with Crippen molar-refractivity contribution in [2.24, 2.45) is 0 Å². The number of benzene rings is 1. The maximum atomic E-state index is 12.5. The molecule has 0 aliphatic carbocycles. The number of aliphatic hydroxyl groups is 1. The summed E-state index contributed by atoms with van der Waals surface area (Å²) in [6.45, 7) is 3.97. The van der Waals surface area contributed by atoms with Crippen molar-refractivity contribution in [3.63, 3.8) is 0 Å². The lowest BCUT2D eigenvalue weighted by atomic mass is 10.1. The van der Waals surface area contributed by atoms with Gasteiger partial charge < -0.3 is 9.67 Å². The fourth-order valence-electron chi connectivity index (χ4n) is 3.74. The minimum Gasteiger partial charge on any atom is -0.395 e. The number of likely N-dealkylation sites (tertiary alicyclic amines) is 1. The Hall–Kier alpha value is -1.70. The van der Waals surface area contributed by atoms with E-state index in [1.807, 2.05) is 22.8 Å². The smallest absolute Gasteiger partial charge is 0.227 e. The van der Waals surface area contributed by atoms with Crippen molar-refractivity contribution in [3.05, 3.63) is 47.8 Å². The first-order valence-corrected chi connectivity index (χ1v) is 11.4. The summed E-state index contributed by atoms with van der Waals surface area (Å²) in [4.78, 5) is 6.49. The van der Waals surface area contributed by atoms with Crippen molar-refractivity contribution in [3.8, 4) is 0 Å². The first-order chi connectivity index (χ1) is 13.0. The Labute approximate surface area is 161 Å². The number of rotatable bonds is 9. The van der Waals surface area contributed by atoms with Gasteiger partial charge in [-0.2, -0.15) is 0 Å². The van der Waals surface area contributed by atoms with Gasteiger partial charge in [0.05, 0.1) is 24.3 Å². The molecule has 1 aliphatic heterocycles. The molecular weight excluding hydrogens is 362 g/mol. The van der Waals surface area contributed by atoms with Crippen molar-refractivity contribution < 1.29 is 13.5 Å². The number of sulfone groups is 1. The second kappa shape index (κ2) is 8.99. The van der Waals surface area contributed by atoms with Gasteiger partial charge in [0.25, 0.3) is 0 Å². The zero-order chi connectivity index (χ0) is 19.3. The predicted octanol–water partition coefficient (Wildman–Crippen LogP) is 2.27. The number of hydrogen-bond donors (Lipinski definition) is 1. The molecule has 2 aromatic rings. The third-order valence-electron chi connectivity index (χ3n) is 5.32. The Balaban J connectivity index is 1.78. The van der Waals surface area contributed by atoms with E-state index in [-0.39, 0.29) is 23.6 Å². The van der Waals surface area contributed by atoms with Gasteiger partial charge in [-0.1, -0.05) is 37.3 Å². The van der Waals surface area contributed by atoms with E-state index < -0.39 is 9.84 Å². The molecule has 2 heterocycles. The molecule has 3 rings (SSSR count). The monoisotopic (exact) mass is 391 g/mol. The van der Waals surface area contributed by atoms with Crippen molar-refractivity contribution >= 4 is 9.84 Å².